The first-order valence-electron chi connectivity index (χ1n) is 7.22. The van der Waals surface area contributed by atoms with Crippen molar-refractivity contribution in [3.05, 3.63) is 65.1 Å². The van der Waals surface area contributed by atoms with Crippen LogP contribution in [0.25, 0.3) is 5.41 Å². The maximum Gasteiger partial charge on any atom is 3.00 e. The van der Waals surface area contributed by atoms with Gasteiger partial charge in [0.25, 0.3) is 0 Å². The number of hydrogen-bond acceptors (Lipinski definition) is 5. The third-order valence-corrected chi connectivity index (χ3v) is 2.87. The van der Waals surface area contributed by atoms with Crippen molar-refractivity contribution in [2.75, 3.05) is 13.1 Å². The summed E-state index contributed by atoms with van der Waals surface area (Å²) in [5.41, 5.74) is 1.20. The zero-order chi connectivity index (χ0) is 17.6. The van der Waals surface area contributed by atoms with Gasteiger partial charge in [-0.05, 0) is 17.5 Å². The van der Waals surface area contributed by atoms with Crippen molar-refractivity contribution in [1.29, 1.82) is 0 Å². The first-order chi connectivity index (χ1) is 11.7. The van der Waals surface area contributed by atoms with E-state index in [9.17, 15) is 10.2 Å². The summed E-state index contributed by atoms with van der Waals surface area (Å²) in [5.74, 6) is -0.0438. The number of hydrogen-bond donors (Lipinski definition) is 0. The minimum absolute atomic E-state index is 0. The maximum absolute atomic E-state index is 11.4. The average Bonchev–Trinajstić information content (AvgIpc) is 2.58. The molecule has 5 nitrogen and oxygen atoms in total. The van der Waals surface area contributed by atoms with E-state index in [1.807, 2.05) is 12.1 Å². The number of para-hydroxylation sites is 2. The van der Waals surface area contributed by atoms with Crippen LogP contribution in [0.2, 0.25) is 0 Å². The molecule has 2 rings (SSSR count). The molecule has 130 valence electrons. The van der Waals surface area contributed by atoms with E-state index in [0.29, 0.717) is 24.2 Å². The van der Waals surface area contributed by atoms with Crippen LogP contribution in [-0.4, -0.2) is 30.7 Å². The third kappa shape index (κ3) is 9.54. The van der Waals surface area contributed by atoms with Crippen LogP contribution in [0.4, 0.5) is 0 Å². The van der Waals surface area contributed by atoms with Gasteiger partial charge in [0, 0.05) is 25.5 Å². The number of rotatable bonds is 6. The summed E-state index contributed by atoms with van der Waals surface area (Å²) in [6.07, 6.45) is 3.97. The van der Waals surface area contributed by atoms with Gasteiger partial charge in [-0.15, -0.1) is 11.5 Å². The van der Waals surface area contributed by atoms with Crippen molar-refractivity contribution in [2.24, 2.45) is 9.98 Å². The molecule has 0 saturated carbocycles. The smallest absolute Gasteiger partial charge is 0.872 e. The Morgan fingerprint density at radius 2 is 1.24 bits per heavy atom. The second-order valence-electron chi connectivity index (χ2n) is 4.59. The van der Waals surface area contributed by atoms with Gasteiger partial charge in [-0.3, -0.25) is 9.98 Å². The summed E-state index contributed by atoms with van der Waals surface area (Å²) in [6, 6.07) is 13.6. The van der Waals surface area contributed by atoms with Crippen molar-refractivity contribution in [2.45, 2.75) is 6.42 Å². The molecule has 0 aromatic heterocycles. The first-order valence-corrected chi connectivity index (χ1v) is 7.63. The van der Waals surface area contributed by atoms with Crippen LogP contribution in [0, 0.1) is 0 Å². The van der Waals surface area contributed by atoms with Crippen LogP contribution in [0.1, 0.15) is 17.5 Å². The molecule has 25 heavy (non-hydrogen) atoms. The Balaban J connectivity index is 0.00000134. The van der Waals surface area contributed by atoms with Gasteiger partial charge >= 0.3 is 16.8 Å². The third-order valence-electron chi connectivity index (χ3n) is 2.87. The Bertz CT molecular complexity index is 674. The number of thiocarbonyl (C=S) groups is 1. The van der Waals surface area contributed by atoms with E-state index in [1.54, 1.807) is 36.7 Å². The molecular formula is C18H16CoN3O2S. The monoisotopic (exact) mass is 397 g/mol. The van der Waals surface area contributed by atoms with Crippen LogP contribution in [0.3, 0.4) is 0 Å². The van der Waals surface area contributed by atoms with Gasteiger partial charge in [-0.1, -0.05) is 60.7 Å². The van der Waals surface area contributed by atoms with Crippen LogP contribution >= 0.6 is 12.2 Å². The predicted octanol–water partition coefficient (Wildman–Crippen LogP) is 2.42. The van der Waals surface area contributed by atoms with Gasteiger partial charge in [-0.2, -0.15) is 5.16 Å². The van der Waals surface area contributed by atoms with Crippen LogP contribution in [0.15, 0.2) is 58.5 Å². The molecule has 0 radical (unpaired) electrons. The van der Waals surface area contributed by atoms with Crippen molar-refractivity contribution in [1.82, 2.24) is 0 Å². The summed E-state index contributed by atoms with van der Waals surface area (Å²) in [5, 5.41) is 31.3. The zero-order valence-electron chi connectivity index (χ0n) is 13.3. The summed E-state index contributed by atoms with van der Waals surface area (Å²) in [4.78, 5) is 8.41. The van der Waals surface area contributed by atoms with Crippen LogP contribution < -0.4 is 10.2 Å². The second kappa shape index (κ2) is 14.1. The normalized spacial score (nSPS) is 9.92. The predicted molar refractivity (Wildman–Crippen MR) is 97.3 cm³/mol. The van der Waals surface area contributed by atoms with Crippen molar-refractivity contribution in [3.63, 3.8) is 0 Å². The van der Waals surface area contributed by atoms with Crippen LogP contribution in [0.5, 0.6) is 11.5 Å². The summed E-state index contributed by atoms with van der Waals surface area (Å²) in [6.45, 7) is 1.20. The fraction of sp³-hybridized carbons (Fsp3) is 0.167. The molecule has 0 heterocycles. The molecule has 7 heteroatoms. The molecule has 0 N–H and O–H groups in total. The van der Waals surface area contributed by atoms with E-state index in [2.05, 4.69) is 22.2 Å². The molecule has 2 aromatic rings. The number of benzene rings is 2. The fourth-order valence-corrected chi connectivity index (χ4v) is 1.75. The van der Waals surface area contributed by atoms with Gasteiger partial charge in [0.15, 0.2) is 0 Å². The molecule has 2 aromatic carbocycles. The Kier molecular flexibility index (Phi) is 12.8. The molecular weight excluding hydrogens is 381 g/mol. The Hall–Kier alpha value is -2.31. The quantitative estimate of drug-likeness (QED) is 0.426. The van der Waals surface area contributed by atoms with E-state index in [1.165, 1.54) is 17.3 Å². The Labute approximate surface area is 162 Å². The first kappa shape index (κ1) is 22.7. The molecule has 0 amide bonds. The molecule has 0 fully saturated rings. The molecule has 0 aliphatic carbocycles. The van der Waals surface area contributed by atoms with Crippen molar-refractivity contribution >= 4 is 29.8 Å². The fourth-order valence-electron chi connectivity index (χ4n) is 1.75. The SMILES string of the molecule is [Co+3].[N-]=C=S.[O-]c1ccccc1C=NCCCN=Cc1ccccc1[O-]. The maximum atomic E-state index is 11.4. The minimum Gasteiger partial charge on any atom is -0.872 e. The Morgan fingerprint density at radius 3 is 1.60 bits per heavy atom. The second-order valence-corrected chi connectivity index (χ2v) is 4.77. The Morgan fingerprint density at radius 1 is 0.880 bits per heavy atom. The standard InChI is InChI=1S/C17H18N2O2.CNS.Co/c20-16-8-3-1-6-14(16)12-18-10-5-11-19-13-15-7-2-4-9-17(15)21;2-1-3;/h1-4,6-9,12-13,20-21H,5,10-11H2;;/q;-1;+3/p-2. The van der Waals surface area contributed by atoms with E-state index in [-0.39, 0.29) is 28.3 Å². The molecule has 0 atom stereocenters. The topological polar surface area (TPSA) is 93.1 Å². The van der Waals surface area contributed by atoms with E-state index in [0.717, 1.165) is 6.42 Å². The van der Waals surface area contributed by atoms with Crippen LogP contribution in [-0.2, 0) is 16.8 Å². The molecule has 0 aliphatic rings. The van der Waals surface area contributed by atoms with Crippen molar-refractivity contribution in [3.8, 4) is 11.5 Å². The number of isothiocyanates is 1. The molecule has 0 saturated heterocycles. The minimum atomic E-state index is -0.0219. The van der Waals surface area contributed by atoms with E-state index < -0.39 is 0 Å². The zero-order valence-corrected chi connectivity index (χ0v) is 15.2. The summed E-state index contributed by atoms with van der Waals surface area (Å²) < 4.78 is 0. The largest absolute Gasteiger partial charge is 3.00 e. The van der Waals surface area contributed by atoms with Gasteiger partial charge in [0.05, 0.1) is 0 Å². The molecule has 0 bridgehead atoms. The van der Waals surface area contributed by atoms with Gasteiger partial charge in [0.1, 0.15) is 0 Å². The van der Waals surface area contributed by atoms with Gasteiger partial charge in [0.2, 0.25) is 0 Å². The average molecular weight is 397 g/mol. The molecule has 0 unspecified atom stereocenters. The summed E-state index contributed by atoms with van der Waals surface area (Å²) in [7, 11) is 0. The van der Waals surface area contributed by atoms with Crippen molar-refractivity contribution < 1.29 is 27.0 Å². The summed E-state index contributed by atoms with van der Waals surface area (Å²) >= 11 is 3.70. The molecule has 0 spiro atoms. The molecule has 0 aliphatic heterocycles. The van der Waals surface area contributed by atoms with E-state index in [4.69, 9.17) is 5.41 Å². The number of aliphatic imine (C=N–C) groups is 2. The van der Waals surface area contributed by atoms with E-state index >= 15 is 0 Å². The number of nitrogens with zero attached hydrogens (tertiary/aromatic N) is 3. The van der Waals surface area contributed by atoms with Gasteiger partial charge in [-0.25, -0.2) is 0 Å². The van der Waals surface area contributed by atoms with Gasteiger partial charge < -0.3 is 15.6 Å².